The number of hydroxylamine groups is 1. The van der Waals surface area contributed by atoms with E-state index in [9.17, 15) is 13.2 Å². The quantitative estimate of drug-likeness (QED) is 0.412. The van der Waals surface area contributed by atoms with Crippen LogP contribution in [0.4, 0.5) is 0 Å². The Morgan fingerprint density at radius 2 is 1.73 bits per heavy atom. The van der Waals surface area contributed by atoms with Crippen LogP contribution in [0.25, 0.3) is 17.2 Å². The Labute approximate surface area is 151 Å². The van der Waals surface area contributed by atoms with Gasteiger partial charge >= 0.3 is 0 Å². The van der Waals surface area contributed by atoms with E-state index in [4.69, 9.17) is 5.21 Å². The van der Waals surface area contributed by atoms with Crippen molar-refractivity contribution in [2.24, 2.45) is 0 Å². The van der Waals surface area contributed by atoms with Crippen molar-refractivity contribution in [1.82, 2.24) is 9.45 Å². The Balaban J connectivity index is 1.93. The van der Waals surface area contributed by atoms with Crippen LogP contribution in [-0.2, 0) is 14.8 Å². The van der Waals surface area contributed by atoms with Crippen molar-refractivity contribution in [3.63, 3.8) is 0 Å². The fraction of sp³-hybridized carbons (Fsp3) is 0. The second-order valence-corrected chi connectivity index (χ2v) is 7.33. The summed E-state index contributed by atoms with van der Waals surface area (Å²) in [5.74, 6) is -0.698. The lowest BCUT2D eigenvalue weighted by Crippen LogP contribution is -2.14. The van der Waals surface area contributed by atoms with Gasteiger partial charge in [-0.05, 0) is 41.0 Å². The minimum Gasteiger partial charge on any atom is -0.288 e. The molecule has 132 valence electrons. The van der Waals surface area contributed by atoms with E-state index in [1.54, 1.807) is 18.2 Å². The van der Waals surface area contributed by atoms with Crippen LogP contribution in [0.1, 0.15) is 5.56 Å². The summed E-state index contributed by atoms with van der Waals surface area (Å²) < 4.78 is 26.8. The SMILES string of the molecule is O=C(/C=C/c1ccn(S(=O)(=O)c2cccc(-c3ccccc3)c2)c1)NO. The lowest BCUT2D eigenvalue weighted by Gasteiger charge is -2.08. The Hall–Kier alpha value is -3.16. The molecule has 1 heterocycles. The first-order valence-electron chi connectivity index (χ1n) is 7.72. The molecule has 0 atom stereocenters. The molecular formula is C19H16N2O4S. The van der Waals surface area contributed by atoms with Crippen LogP contribution in [0, 0.1) is 0 Å². The fourth-order valence-electron chi connectivity index (χ4n) is 2.44. The summed E-state index contributed by atoms with van der Waals surface area (Å²) in [6.45, 7) is 0. The molecule has 0 radical (unpaired) electrons. The number of carbonyl (C=O) groups excluding carboxylic acids is 1. The van der Waals surface area contributed by atoms with Crippen LogP contribution in [0.3, 0.4) is 0 Å². The van der Waals surface area contributed by atoms with Crippen molar-refractivity contribution >= 4 is 22.0 Å². The molecule has 0 spiro atoms. The number of carbonyl (C=O) groups is 1. The molecular weight excluding hydrogens is 352 g/mol. The number of hydrogen-bond donors (Lipinski definition) is 2. The molecule has 0 bridgehead atoms. The zero-order valence-electron chi connectivity index (χ0n) is 13.6. The average molecular weight is 368 g/mol. The summed E-state index contributed by atoms with van der Waals surface area (Å²) in [4.78, 5) is 11.2. The van der Waals surface area contributed by atoms with Gasteiger partial charge in [-0.3, -0.25) is 10.0 Å². The minimum atomic E-state index is -3.76. The molecule has 2 N–H and O–H groups in total. The summed E-state index contributed by atoms with van der Waals surface area (Å²) in [6, 6.07) is 17.8. The minimum absolute atomic E-state index is 0.165. The van der Waals surface area contributed by atoms with Gasteiger partial charge in [0.25, 0.3) is 15.9 Å². The van der Waals surface area contributed by atoms with Gasteiger partial charge in [-0.1, -0.05) is 42.5 Å². The summed E-state index contributed by atoms with van der Waals surface area (Å²) in [5.41, 5.74) is 3.71. The van der Waals surface area contributed by atoms with Crippen molar-refractivity contribution in [3.8, 4) is 11.1 Å². The monoisotopic (exact) mass is 368 g/mol. The zero-order valence-corrected chi connectivity index (χ0v) is 14.4. The van der Waals surface area contributed by atoms with Crippen molar-refractivity contribution in [1.29, 1.82) is 0 Å². The molecule has 26 heavy (non-hydrogen) atoms. The van der Waals surface area contributed by atoms with E-state index in [1.807, 2.05) is 36.4 Å². The van der Waals surface area contributed by atoms with E-state index in [0.717, 1.165) is 21.2 Å². The largest absolute Gasteiger partial charge is 0.288 e. The van der Waals surface area contributed by atoms with Crippen molar-refractivity contribution < 1.29 is 18.4 Å². The van der Waals surface area contributed by atoms with Gasteiger partial charge in [-0.15, -0.1) is 0 Å². The van der Waals surface area contributed by atoms with E-state index in [1.165, 1.54) is 30.0 Å². The van der Waals surface area contributed by atoms with Gasteiger partial charge in [0.15, 0.2) is 0 Å². The highest BCUT2D eigenvalue weighted by molar-refractivity contribution is 7.90. The number of nitrogens with zero attached hydrogens (tertiary/aromatic N) is 1. The van der Waals surface area contributed by atoms with Crippen LogP contribution in [0.15, 0.2) is 84.0 Å². The Morgan fingerprint density at radius 1 is 1.00 bits per heavy atom. The van der Waals surface area contributed by atoms with Gasteiger partial charge < -0.3 is 0 Å². The third kappa shape index (κ3) is 3.74. The number of hydrogen-bond acceptors (Lipinski definition) is 4. The Bertz CT molecular complexity index is 1050. The molecule has 0 aliphatic rings. The molecule has 3 aromatic rings. The van der Waals surface area contributed by atoms with Crippen LogP contribution in [0.5, 0.6) is 0 Å². The normalized spacial score (nSPS) is 11.6. The van der Waals surface area contributed by atoms with Gasteiger partial charge in [0, 0.05) is 18.5 Å². The second kappa shape index (κ2) is 7.38. The summed E-state index contributed by atoms with van der Waals surface area (Å²) in [5, 5.41) is 8.46. The van der Waals surface area contributed by atoms with Gasteiger partial charge in [-0.2, -0.15) is 0 Å². The van der Waals surface area contributed by atoms with E-state index < -0.39 is 15.9 Å². The molecule has 1 amide bonds. The molecule has 0 unspecified atom stereocenters. The lowest BCUT2D eigenvalue weighted by atomic mass is 10.1. The molecule has 1 aromatic heterocycles. The van der Waals surface area contributed by atoms with Crippen LogP contribution < -0.4 is 5.48 Å². The number of aromatic nitrogens is 1. The molecule has 6 nitrogen and oxygen atoms in total. The third-order valence-electron chi connectivity index (χ3n) is 3.74. The first kappa shape index (κ1) is 17.7. The third-order valence-corrected chi connectivity index (χ3v) is 5.38. The van der Waals surface area contributed by atoms with Crippen molar-refractivity contribution in [2.75, 3.05) is 0 Å². The molecule has 2 aromatic carbocycles. The predicted octanol–water partition coefficient (Wildman–Crippen LogP) is 2.91. The van der Waals surface area contributed by atoms with Crippen molar-refractivity contribution in [3.05, 3.63) is 84.7 Å². The number of nitrogens with one attached hydrogen (secondary N) is 1. The van der Waals surface area contributed by atoms with E-state index in [0.29, 0.717) is 5.56 Å². The van der Waals surface area contributed by atoms with E-state index >= 15 is 0 Å². The van der Waals surface area contributed by atoms with Gasteiger partial charge in [0.2, 0.25) is 0 Å². The second-order valence-electron chi connectivity index (χ2n) is 5.48. The zero-order chi connectivity index (χ0) is 18.6. The first-order valence-corrected chi connectivity index (χ1v) is 9.16. The fourth-order valence-corrected chi connectivity index (χ4v) is 3.69. The summed E-state index contributed by atoms with van der Waals surface area (Å²) >= 11 is 0. The molecule has 0 saturated heterocycles. The number of amides is 1. The Kier molecular flexibility index (Phi) is 5.01. The number of benzene rings is 2. The highest BCUT2D eigenvalue weighted by Gasteiger charge is 2.17. The topological polar surface area (TPSA) is 88.4 Å². The van der Waals surface area contributed by atoms with E-state index in [2.05, 4.69) is 0 Å². The highest BCUT2D eigenvalue weighted by Crippen LogP contribution is 2.24. The van der Waals surface area contributed by atoms with Crippen molar-refractivity contribution in [2.45, 2.75) is 4.90 Å². The van der Waals surface area contributed by atoms with E-state index in [-0.39, 0.29) is 4.90 Å². The van der Waals surface area contributed by atoms with Crippen LogP contribution in [-0.4, -0.2) is 23.5 Å². The summed E-state index contributed by atoms with van der Waals surface area (Å²) in [6.07, 6.45) is 5.30. The molecule has 7 heteroatoms. The first-order chi connectivity index (χ1) is 12.5. The number of rotatable bonds is 5. The smallest absolute Gasteiger partial charge is 0.267 e. The lowest BCUT2D eigenvalue weighted by molar-refractivity contribution is -0.124. The standard InChI is InChI=1S/C19H16N2O4S/c22-19(20-23)10-9-15-11-12-21(14-15)26(24,25)18-8-4-7-17(13-18)16-5-2-1-3-6-16/h1-14,23H,(H,20,22)/b10-9+. The molecule has 0 aliphatic carbocycles. The maximum Gasteiger partial charge on any atom is 0.267 e. The van der Waals surface area contributed by atoms with Gasteiger partial charge in [0.1, 0.15) is 0 Å². The van der Waals surface area contributed by atoms with Gasteiger partial charge in [0.05, 0.1) is 4.90 Å². The summed E-state index contributed by atoms with van der Waals surface area (Å²) in [7, 11) is -3.76. The maximum atomic E-state index is 12.8. The maximum absolute atomic E-state index is 12.8. The molecule has 0 aliphatic heterocycles. The molecule has 0 fully saturated rings. The average Bonchev–Trinajstić information content (AvgIpc) is 3.17. The van der Waals surface area contributed by atoms with Crippen LogP contribution >= 0.6 is 0 Å². The highest BCUT2D eigenvalue weighted by atomic mass is 32.2. The van der Waals surface area contributed by atoms with Gasteiger partial charge in [-0.25, -0.2) is 17.9 Å². The predicted molar refractivity (Wildman–Crippen MR) is 97.9 cm³/mol. The molecule has 3 rings (SSSR count). The molecule has 0 saturated carbocycles. The van der Waals surface area contributed by atoms with Crippen LogP contribution in [0.2, 0.25) is 0 Å². The Morgan fingerprint density at radius 3 is 2.46 bits per heavy atom.